The maximum absolute atomic E-state index is 11.3. The minimum absolute atomic E-state index is 0.0165. The zero-order chi connectivity index (χ0) is 13.7. The first kappa shape index (κ1) is 13.3. The van der Waals surface area contributed by atoms with Gasteiger partial charge in [-0.05, 0) is 31.6 Å². The molecule has 2 aliphatic rings. The van der Waals surface area contributed by atoms with Gasteiger partial charge in [0.15, 0.2) is 0 Å². The van der Waals surface area contributed by atoms with Crippen LogP contribution in [-0.4, -0.2) is 11.7 Å². The molecule has 0 aromatic carbocycles. The molecule has 0 unspecified atom stereocenters. The van der Waals surface area contributed by atoms with Crippen molar-refractivity contribution in [3.05, 3.63) is 11.3 Å². The van der Waals surface area contributed by atoms with Gasteiger partial charge in [-0.1, -0.05) is 26.3 Å². The fourth-order valence-corrected chi connectivity index (χ4v) is 3.46. The molecule has 1 aliphatic carbocycles. The molecule has 2 rings (SSSR count). The van der Waals surface area contributed by atoms with Gasteiger partial charge in [0.1, 0.15) is 5.84 Å². The Morgan fingerprint density at radius 2 is 1.94 bits per heavy atom. The van der Waals surface area contributed by atoms with Crippen LogP contribution in [0, 0.1) is 23.2 Å². The Morgan fingerprint density at radius 3 is 2.44 bits per heavy atom. The standard InChI is InChI=1S/C15H24N2O/c1-8(2)13-12-7-11(9(3)15(12,5)6)14(17-13)16-10(4)18/h9,11-12H,7H2,1-6H3,(H,16,17,18)/t9-,11+,12+/m0/s1. The molecule has 3 nitrogen and oxygen atoms in total. The second kappa shape index (κ2) is 4.22. The molecule has 0 radical (unpaired) electrons. The average Bonchev–Trinajstić information content (AvgIpc) is 2.43. The van der Waals surface area contributed by atoms with Crippen LogP contribution in [0.1, 0.15) is 48.0 Å². The van der Waals surface area contributed by atoms with Crippen molar-refractivity contribution in [1.82, 2.24) is 5.32 Å². The molecule has 1 amide bonds. The van der Waals surface area contributed by atoms with Gasteiger partial charge in [0, 0.05) is 24.5 Å². The minimum Gasteiger partial charge on any atom is -0.314 e. The van der Waals surface area contributed by atoms with Crippen molar-refractivity contribution in [2.45, 2.75) is 48.0 Å². The maximum Gasteiger partial charge on any atom is 0.222 e. The van der Waals surface area contributed by atoms with Gasteiger partial charge >= 0.3 is 0 Å². The highest BCUT2D eigenvalue weighted by Crippen LogP contribution is 2.56. The normalized spacial score (nSPS) is 33.1. The molecule has 100 valence electrons. The smallest absolute Gasteiger partial charge is 0.222 e. The van der Waals surface area contributed by atoms with E-state index in [0.717, 1.165) is 12.3 Å². The summed E-state index contributed by atoms with van der Waals surface area (Å²) in [6, 6.07) is 0. The van der Waals surface area contributed by atoms with E-state index in [1.807, 2.05) is 0 Å². The molecule has 0 spiro atoms. The number of hydrogen-bond acceptors (Lipinski definition) is 2. The molecule has 0 aromatic heterocycles. The Morgan fingerprint density at radius 1 is 1.33 bits per heavy atom. The van der Waals surface area contributed by atoms with Gasteiger partial charge in [0.2, 0.25) is 5.91 Å². The number of rotatable bonds is 0. The predicted molar refractivity (Wildman–Crippen MR) is 74.2 cm³/mol. The first-order chi connectivity index (χ1) is 8.25. The number of aliphatic imine (C=N–C) groups is 1. The van der Waals surface area contributed by atoms with Gasteiger partial charge in [0.05, 0.1) is 0 Å². The predicted octanol–water partition coefficient (Wildman–Crippen LogP) is 3.13. The number of allylic oxidation sites excluding steroid dienone is 2. The van der Waals surface area contributed by atoms with E-state index in [1.165, 1.54) is 11.3 Å². The van der Waals surface area contributed by atoms with E-state index in [9.17, 15) is 4.79 Å². The molecule has 1 fully saturated rings. The summed E-state index contributed by atoms with van der Waals surface area (Å²) in [6.07, 6.45) is 1.12. The maximum atomic E-state index is 11.3. The number of nitrogens with zero attached hydrogens (tertiary/aromatic N) is 1. The Bertz CT molecular complexity index is 441. The van der Waals surface area contributed by atoms with E-state index >= 15 is 0 Å². The van der Waals surface area contributed by atoms with Crippen LogP contribution in [0.5, 0.6) is 0 Å². The summed E-state index contributed by atoms with van der Waals surface area (Å²) in [6.45, 7) is 12.7. The quantitative estimate of drug-likeness (QED) is 0.703. The van der Waals surface area contributed by atoms with Crippen LogP contribution in [0.15, 0.2) is 16.3 Å². The van der Waals surface area contributed by atoms with E-state index in [1.54, 1.807) is 6.92 Å². The fraction of sp³-hybridized carbons (Fsp3) is 0.733. The van der Waals surface area contributed by atoms with Gasteiger partial charge < -0.3 is 5.32 Å². The van der Waals surface area contributed by atoms with Crippen molar-refractivity contribution in [2.75, 3.05) is 0 Å². The molecule has 1 N–H and O–H groups in total. The number of carbonyl (C=O) groups excluding carboxylic acids is 1. The molecular weight excluding hydrogens is 224 g/mol. The summed E-state index contributed by atoms with van der Waals surface area (Å²) in [5.74, 6) is 2.34. The van der Waals surface area contributed by atoms with Gasteiger partial charge in [-0.15, -0.1) is 0 Å². The molecule has 1 saturated carbocycles. The third-order valence-corrected chi connectivity index (χ3v) is 4.90. The molecule has 1 heterocycles. The molecule has 18 heavy (non-hydrogen) atoms. The third kappa shape index (κ3) is 1.90. The highest BCUT2D eigenvalue weighted by atomic mass is 16.1. The average molecular weight is 248 g/mol. The SMILES string of the molecule is CC(=O)NC1=NC(=C(C)C)[C@H]2C[C@@H]1[C@H](C)C2(C)C. The first-order valence-electron chi connectivity index (χ1n) is 6.78. The number of nitrogens with one attached hydrogen (secondary N) is 1. The van der Waals surface area contributed by atoms with E-state index < -0.39 is 0 Å². The van der Waals surface area contributed by atoms with E-state index in [-0.39, 0.29) is 11.3 Å². The van der Waals surface area contributed by atoms with E-state index in [2.05, 4.69) is 39.9 Å². The summed E-state index contributed by atoms with van der Waals surface area (Å²) in [5, 5.41) is 2.94. The Kier molecular flexibility index (Phi) is 3.12. The highest BCUT2D eigenvalue weighted by molar-refractivity contribution is 6.00. The monoisotopic (exact) mass is 248 g/mol. The van der Waals surface area contributed by atoms with Gasteiger partial charge in [-0.3, -0.25) is 4.79 Å². The summed E-state index contributed by atoms with van der Waals surface area (Å²) in [7, 11) is 0. The lowest BCUT2D eigenvalue weighted by Crippen LogP contribution is -2.37. The van der Waals surface area contributed by atoms with E-state index in [0.29, 0.717) is 17.8 Å². The Balaban J connectivity index is 2.47. The number of fused-ring (bicyclic) bond motifs is 2. The molecule has 0 aromatic rings. The lowest BCUT2D eigenvalue weighted by atomic mass is 9.74. The second-order valence-electron chi connectivity index (χ2n) is 6.57. The number of amidine groups is 1. The second-order valence-corrected chi connectivity index (χ2v) is 6.57. The van der Waals surface area contributed by atoms with Crippen LogP contribution >= 0.6 is 0 Å². The van der Waals surface area contributed by atoms with Crippen LogP contribution in [-0.2, 0) is 4.79 Å². The zero-order valence-corrected chi connectivity index (χ0v) is 12.3. The van der Waals surface area contributed by atoms with Gasteiger partial charge in [0.25, 0.3) is 0 Å². The summed E-state index contributed by atoms with van der Waals surface area (Å²) >= 11 is 0. The fourth-order valence-electron chi connectivity index (χ4n) is 3.46. The van der Waals surface area contributed by atoms with Crippen LogP contribution in [0.3, 0.4) is 0 Å². The number of amides is 1. The molecular formula is C15H24N2O. The van der Waals surface area contributed by atoms with Gasteiger partial charge in [-0.2, -0.15) is 0 Å². The lowest BCUT2D eigenvalue weighted by Gasteiger charge is -2.31. The Labute approximate surface area is 110 Å². The van der Waals surface area contributed by atoms with Crippen LogP contribution in [0.4, 0.5) is 0 Å². The molecule has 3 atom stereocenters. The molecule has 2 bridgehead atoms. The van der Waals surface area contributed by atoms with Crippen molar-refractivity contribution >= 4 is 11.7 Å². The van der Waals surface area contributed by atoms with E-state index in [4.69, 9.17) is 4.99 Å². The van der Waals surface area contributed by atoms with Crippen LogP contribution < -0.4 is 5.32 Å². The van der Waals surface area contributed by atoms with Crippen molar-refractivity contribution in [3.63, 3.8) is 0 Å². The zero-order valence-electron chi connectivity index (χ0n) is 12.3. The lowest BCUT2D eigenvalue weighted by molar-refractivity contribution is -0.117. The van der Waals surface area contributed by atoms with Crippen LogP contribution in [0.25, 0.3) is 0 Å². The van der Waals surface area contributed by atoms with Gasteiger partial charge in [-0.25, -0.2) is 4.99 Å². The molecule has 0 saturated heterocycles. The van der Waals surface area contributed by atoms with Crippen LogP contribution in [0.2, 0.25) is 0 Å². The Hall–Kier alpha value is -1.12. The third-order valence-electron chi connectivity index (χ3n) is 4.90. The van der Waals surface area contributed by atoms with Crippen molar-refractivity contribution in [2.24, 2.45) is 28.2 Å². The molecule has 3 heteroatoms. The topological polar surface area (TPSA) is 41.5 Å². The highest BCUT2D eigenvalue weighted by Gasteiger charge is 2.52. The molecule has 1 aliphatic heterocycles. The number of hydrogen-bond donors (Lipinski definition) is 1. The van der Waals surface area contributed by atoms with Crippen molar-refractivity contribution < 1.29 is 4.79 Å². The summed E-state index contributed by atoms with van der Waals surface area (Å²) in [4.78, 5) is 16.1. The van der Waals surface area contributed by atoms with Crippen molar-refractivity contribution in [3.8, 4) is 0 Å². The minimum atomic E-state index is -0.0165. The van der Waals surface area contributed by atoms with Crippen molar-refractivity contribution in [1.29, 1.82) is 0 Å². The summed E-state index contributed by atoms with van der Waals surface area (Å²) in [5.41, 5.74) is 2.70. The largest absolute Gasteiger partial charge is 0.314 e. The number of carbonyl (C=O) groups is 1. The summed E-state index contributed by atoms with van der Waals surface area (Å²) < 4.78 is 0. The first-order valence-corrected chi connectivity index (χ1v) is 6.78.